The number of carbonyl (C=O) groups is 2. The van der Waals surface area contributed by atoms with Crippen molar-refractivity contribution in [2.75, 3.05) is 6.54 Å². The minimum Gasteiger partial charge on any atom is -0.351 e. The van der Waals surface area contributed by atoms with Crippen molar-refractivity contribution >= 4 is 11.8 Å². The molecule has 1 fully saturated rings. The number of rotatable bonds is 5. The predicted octanol–water partition coefficient (Wildman–Crippen LogP) is 4.37. The Kier molecular flexibility index (Phi) is 5.70. The number of amides is 2. The van der Waals surface area contributed by atoms with Gasteiger partial charge in [0.2, 0.25) is 5.91 Å². The second-order valence-corrected chi connectivity index (χ2v) is 8.61. The molecule has 29 heavy (non-hydrogen) atoms. The number of hydrogen-bond acceptors (Lipinski definition) is 2. The molecular weight excluding hydrogens is 360 g/mol. The van der Waals surface area contributed by atoms with Crippen LogP contribution >= 0.6 is 0 Å². The van der Waals surface area contributed by atoms with Crippen molar-refractivity contribution in [3.63, 3.8) is 0 Å². The summed E-state index contributed by atoms with van der Waals surface area (Å²) in [6.45, 7) is 5.03. The molecule has 2 amide bonds. The Morgan fingerprint density at radius 3 is 2.55 bits per heavy atom. The summed E-state index contributed by atoms with van der Waals surface area (Å²) >= 11 is 0. The third-order valence-corrected chi connectivity index (χ3v) is 6.83. The first-order valence-electron chi connectivity index (χ1n) is 10.8. The Morgan fingerprint density at radius 2 is 1.76 bits per heavy atom. The van der Waals surface area contributed by atoms with Crippen molar-refractivity contribution in [1.29, 1.82) is 0 Å². The zero-order valence-electron chi connectivity index (χ0n) is 17.3. The van der Waals surface area contributed by atoms with Crippen molar-refractivity contribution < 1.29 is 9.59 Å². The summed E-state index contributed by atoms with van der Waals surface area (Å²) in [6.07, 6.45) is 4.13. The van der Waals surface area contributed by atoms with Crippen molar-refractivity contribution in [1.82, 2.24) is 10.2 Å². The van der Waals surface area contributed by atoms with E-state index < -0.39 is 6.04 Å². The molecule has 0 bridgehead atoms. The molecule has 1 saturated carbocycles. The van der Waals surface area contributed by atoms with Gasteiger partial charge in [-0.15, -0.1) is 0 Å². The summed E-state index contributed by atoms with van der Waals surface area (Å²) in [7, 11) is 0. The first-order valence-corrected chi connectivity index (χ1v) is 10.8. The van der Waals surface area contributed by atoms with E-state index in [-0.39, 0.29) is 17.9 Å². The van der Waals surface area contributed by atoms with Crippen LogP contribution < -0.4 is 5.32 Å². The van der Waals surface area contributed by atoms with Crippen LogP contribution in [0, 0.1) is 11.8 Å². The monoisotopic (exact) mass is 390 g/mol. The maximum absolute atomic E-state index is 13.4. The van der Waals surface area contributed by atoms with Gasteiger partial charge in [0.1, 0.15) is 6.04 Å². The average molecular weight is 391 g/mol. The molecule has 152 valence electrons. The molecule has 0 unspecified atom stereocenters. The van der Waals surface area contributed by atoms with Crippen LogP contribution in [0.25, 0.3) is 0 Å². The van der Waals surface area contributed by atoms with Crippen LogP contribution in [0.5, 0.6) is 0 Å². The zero-order valence-corrected chi connectivity index (χ0v) is 17.3. The summed E-state index contributed by atoms with van der Waals surface area (Å²) < 4.78 is 0. The third kappa shape index (κ3) is 3.93. The number of hydrogen-bond donors (Lipinski definition) is 1. The van der Waals surface area contributed by atoms with Crippen molar-refractivity contribution in [2.45, 2.75) is 51.6 Å². The summed E-state index contributed by atoms with van der Waals surface area (Å²) in [6, 6.07) is 17.3. The lowest BCUT2D eigenvalue weighted by Gasteiger charge is -2.36. The SMILES string of the molecule is C[C@H]1[C@H](C)CCC[C@@H]1NC(=O)[C@H]1c2ccccc2C(=O)N1CCc1ccccc1. The molecule has 4 nitrogen and oxygen atoms in total. The Labute approximate surface area is 173 Å². The Bertz CT molecular complexity index is 879. The maximum Gasteiger partial charge on any atom is 0.255 e. The fraction of sp³-hybridized carbons (Fsp3) is 0.440. The Morgan fingerprint density at radius 1 is 1.03 bits per heavy atom. The first kappa shape index (κ1) is 19.7. The van der Waals surface area contributed by atoms with E-state index in [1.54, 1.807) is 4.90 Å². The molecule has 2 aliphatic rings. The van der Waals surface area contributed by atoms with Gasteiger partial charge in [0.15, 0.2) is 0 Å². The van der Waals surface area contributed by atoms with Crippen LogP contribution in [0.15, 0.2) is 54.6 Å². The second-order valence-electron chi connectivity index (χ2n) is 8.61. The van der Waals surface area contributed by atoms with Gasteiger partial charge in [0, 0.05) is 18.2 Å². The van der Waals surface area contributed by atoms with E-state index in [0.717, 1.165) is 24.8 Å². The van der Waals surface area contributed by atoms with Crippen LogP contribution in [0.2, 0.25) is 0 Å². The normalized spacial score (nSPS) is 26.3. The summed E-state index contributed by atoms with van der Waals surface area (Å²) in [4.78, 5) is 28.2. The zero-order chi connectivity index (χ0) is 20.4. The number of carbonyl (C=O) groups excluding carboxylic acids is 2. The molecule has 1 aliphatic carbocycles. The van der Waals surface area contributed by atoms with Gasteiger partial charge in [-0.1, -0.05) is 75.2 Å². The largest absolute Gasteiger partial charge is 0.351 e. The predicted molar refractivity (Wildman–Crippen MR) is 114 cm³/mol. The number of nitrogens with zero attached hydrogens (tertiary/aromatic N) is 1. The molecule has 0 spiro atoms. The lowest BCUT2D eigenvalue weighted by molar-refractivity contribution is -0.127. The molecule has 1 heterocycles. The topological polar surface area (TPSA) is 49.4 Å². The van der Waals surface area contributed by atoms with Crippen molar-refractivity contribution in [2.24, 2.45) is 11.8 Å². The summed E-state index contributed by atoms with van der Waals surface area (Å²) in [5.41, 5.74) is 2.66. The van der Waals surface area contributed by atoms with E-state index in [4.69, 9.17) is 0 Å². The van der Waals surface area contributed by atoms with Gasteiger partial charge in [0.05, 0.1) is 0 Å². The van der Waals surface area contributed by atoms with Gasteiger partial charge in [0.25, 0.3) is 5.91 Å². The molecule has 0 radical (unpaired) electrons. The molecule has 0 aromatic heterocycles. The van der Waals surface area contributed by atoms with Gasteiger partial charge in [-0.2, -0.15) is 0 Å². The maximum atomic E-state index is 13.4. The van der Waals surface area contributed by atoms with Gasteiger partial charge in [-0.25, -0.2) is 0 Å². The van der Waals surface area contributed by atoms with Gasteiger partial charge in [-0.05, 0) is 41.9 Å². The number of fused-ring (bicyclic) bond motifs is 1. The quantitative estimate of drug-likeness (QED) is 0.824. The molecule has 2 aromatic rings. The van der Waals surface area contributed by atoms with Crippen LogP contribution in [0.1, 0.15) is 60.6 Å². The minimum atomic E-state index is -0.535. The lowest BCUT2D eigenvalue weighted by Crippen LogP contribution is -2.48. The summed E-state index contributed by atoms with van der Waals surface area (Å²) in [5.74, 6) is 0.989. The van der Waals surface area contributed by atoms with Crippen LogP contribution in [0.4, 0.5) is 0 Å². The molecule has 0 saturated heterocycles. The highest BCUT2D eigenvalue weighted by molar-refractivity contribution is 6.04. The molecule has 1 N–H and O–H groups in total. The fourth-order valence-electron chi connectivity index (χ4n) is 4.83. The van der Waals surface area contributed by atoms with Gasteiger partial charge < -0.3 is 10.2 Å². The first-order chi connectivity index (χ1) is 14.1. The third-order valence-electron chi connectivity index (χ3n) is 6.83. The highest BCUT2D eigenvalue weighted by atomic mass is 16.2. The van der Waals surface area contributed by atoms with E-state index >= 15 is 0 Å². The van der Waals surface area contributed by atoms with Gasteiger partial charge >= 0.3 is 0 Å². The fourth-order valence-corrected chi connectivity index (χ4v) is 4.83. The summed E-state index contributed by atoms with van der Waals surface area (Å²) in [5, 5.41) is 3.30. The van der Waals surface area contributed by atoms with Crippen LogP contribution in [-0.2, 0) is 11.2 Å². The standard InChI is InChI=1S/C25H30N2O2/c1-17-9-8-14-22(18(17)2)26-24(28)23-20-12-6-7-13-21(20)25(29)27(23)16-15-19-10-4-3-5-11-19/h3-7,10-13,17-18,22-23H,8-9,14-16H2,1-2H3,(H,26,28)/t17-,18+,22+,23-/m1/s1. The van der Waals surface area contributed by atoms with Crippen molar-refractivity contribution in [3.05, 3.63) is 71.3 Å². The lowest BCUT2D eigenvalue weighted by atomic mass is 9.78. The van der Waals surface area contributed by atoms with Crippen LogP contribution in [0.3, 0.4) is 0 Å². The van der Waals surface area contributed by atoms with E-state index in [9.17, 15) is 9.59 Å². The van der Waals surface area contributed by atoms with Crippen LogP contribution in [-0.4, -0.2) is 29.3 Å². The number of benzene rings is 2. The molecular formula is C25H30N2O2. The molecule has 1 aliphatic heterocycles. The van der Waals surface area contributed by atoms with Crippen molar-refractivity contribution in [3.8, 4) is 0 Å². The van der Waals surface area contributed by atoms with Gasteiger partial charge in [-0.3, -0.25) is 9.59 Å². The highest BCUT2D eigenvalue weighted by Crippen LogP contribution is 2.35. The molecule has 2 aromatic carbocycles. The van der Waals surface area contributed by atoms with E-state index in [0.29, 0.717) is 23.9 Å². The molecule has 4 heteroatoms. The van der Waals surface area contributed by atoms with E-state index in [1.165, 1.54) is 12.0 Å². The van der Waals surface area contributed by atoms with E-state index in [1.807, 2.05) is 42.5 Å². The Hall–Kier alpha value is -2.62. The Balaban J connectivity index is 1.55. The molecule has 4 atom stereocenters. The number of nitrogens with one attached hydrogen (secondary N) is 1. The smallest absolute Gasteiger partial charge is 0.255 e. The van der Waals surface area contributed by atoms with E-state index in [2.05, 4.69) is 31.3 Å². The highest BCUT2D eigenvalue weighted by Gasteiger charge is 2.41. The second kappa shape index (κ2) is 8.40. The molecule has 4 rings (SSSR count). The average Bonchev–Trinajstić information content (AvgIpc) is 3.03. The minimum absolute atomic E-state index is 0.0395.